The molecule has 1 amide bonds. The van der Waals surface area contributed by atoms with Gasteiger partial charge in [-0.15, -0.1) is 10.2 Å². The van der Waals surface area contributed by atoms with E-state index in [1.807, 2.05) is 65.6 Å². The fourth-order valence-electron chi connectivity index (χ4n) is 4.03. The number of amides is 1. The fraction of sp³-hybridized carbons (Fsp3) is 0.222. The molecule has 4 aromatic rings. The molecule has 1 aliphatic rings. The Morgan fingerprint density at radius 1 is 0.794 bits per heavy atom. The number of benzene rings is 3. The van der Waals surface area contributed by atoms with Crippen LogP contribution in [0, 0.1) is 0 Å². The maximum atomic E-state index is 12.8. The molecule has 5 rings (SSSR count). The summed E-state index contributed by atoms with van der Waals surface area (Å²) in [6.07, 6.45) is 0. The molecular weight excluding hydrogens is 428 g/mol. The molecule has 34 heavy (non-hydrogen) atoms. The van der Waals surface area contributed by atoms with Gasteiger partial charge in [0.25, 0.3) is 11.8 Å². The van der Waals surface area contributed by atoms with Crippen LogP contribution in [-0.2, 0) is 11.3 Å². The van der Waals surface area contributed by atoms with Gasteiger partial charge in [-0.05, 0) is 29.8 Å². The summed E-state index contributed by atoms with van der Waals surface area (Å²) in [7, 11) is 0. The van der Waals surface area contributed by atoms with Crippen LogP contribution >= 0.6 is 0 Å². The highest BCUT2D eigenvalue weighted by molar-refractivity contribution is 5.78. The number of aromatic nitrogens is 2. The lowest BCUT2D eigenvalue weighted by Crippen LogP contribution is -2.49. The van der Waals surface area contributed by atoms with Crippen LogP contribution < -0.4 is 4.74 Å². The molecule has 7 nitrogen and oxygen atoms in total. The van der Waals surface area contributed by atoms with Gasteiger partial charge >= 0.3 is 0 Å². The van der Waals surface area contributed by atoms with Gasteiger partial charge < -0.3 is 14.1 Å². The van der Waals surface area contributed by atoms with E-state index in [0.29, 0.717) is 36.2 Å². The van der Waals surface area contributed by atoms with Crippen LogP contribution in [0.3, 0.4) is 0 Å². The first-order chi connectivity index (χ1) is 16.8. The van der Waals surface area contributed by atoms with Gasteiger partial charge in [-0.25, -0.2) is 0 Å². The third-order valence-corrected chi connectivity index (χ3v) is 5.89. The minimum Gasteiger partial charge on any atom is -0.483 e. The molecule has 0 saturated carbocycles. The smallest absolute Gasteiger partial charge is 0.260 e. The van der Waals surface area contributed by atoms with Crippen LogP contribution in [0.2, 0.25) is 0 Å². The molecule has 1 fully saturated rings. The molecule has 0 unspecified atom stereocenters. The third-order valence-electron chi connectivity index (χ3n) is 5.89. The van der Waals surface area contributed by atoms with E-state index in [9.17, 15) is 4.79 Å². The van der Waals surface area contributed by atoms with Gasteiger partial charge in [0.2, 0.25) is 5.89 Å². The van der Waals surface area contributed by atoms with Crippen molar-refractivity contribution in [3.05, 3.63) is 90.5 Å². The van der Waals surface area contributed by atoms with Gasteiger partial charge in [-0.3, -0.25) is 9.69 Å². The number of hydrogen-bond donors (Lipinski definition) is 0. The van der Waals surface area contributed by atoms with Crippen LogP contribution in [0.15, 0.2) is 89.3 Å². The van der Waals surface area contributed by atoms with Crippen molar-refractivity contribution < 1.29 is 13.9 Å². The molecule has 0 atom stereocenters. The van der Waals surface area contributed by atoms with Crippen molar-refractivity contribution in [2.45, 2.75) is 6.54 Å². The second-order valence-electron chi connectivity index (χ2n) is 8.21. The number of para-hydroxylation sites is 1. The summed E-state index contributed by atoms with van der Waals surface area (Å²) in [6, 6.07) is 27.4. The average molecular weight is 455 g/mol. The Balaban J connectivity index is 1.18. The minimum atomic E-state index is -0.0324. The van der Waals surface area contributed by atoms with Gasteiger partial charge in [-0.2, -0.15) is 0 Å². The van der Waals surface area contributed by atoms with Crippen molar-refractivity contribution >= 4 is 5.91 Å². The highest BCUT2D eigenvalue weighted by atomic mass is 16.5. The number of carbonyl (C=O) groups is 1. The first-order valence-electron chi connectivity index (χ1n) is 11.4. The lowest BCUT2D eigenvalue weighted by molar-refractivity contribution is -0.135. The average Bonchev–Trinajstić information content (AvgIpc) is 3.39. The summed E-state index contributed by atoms with van der Waals surface area (Å²) in [5.41, 5.74) is 2.80. The zero-order valence-corrected chi connectivity index (χ0v) is 18.8. The van der Waals surface area contributed by atoms with E-state index in [0.717, 1.165) is 25.2 Å². The van der Waals surface area contributed by atoms with E-state index in [4.69, 9.17) is 9.15 Å². The van der Waals surface area contributed by atoms with Crippen LogP contribution in [0.1, 0.15) is 5.56 Å². The summed E-state index contributed by atoms with van der Waals surface area (Å²) in [4.78, 5) is 17.0. The Morgan fingerprint density at radius 2 is 1.44 bits per heavy atom. The van der Waals surface area contributed by atoms with Crippen molar-refractivity contribution in [1.82, 2.24) is 20.0 Å². The molecule has 0 bridgehead atoms. The number of rotatable bonds is 7. The van der Waals surface area contributed by atoms with Gasteiger partial charge in [0, 0.05) is 38.3 Å². The molecule has 1 aromatic heterocycles. The molecule has 0 radical (unpaired) electrons. The lowest BCUT2D eigenvalue weighted by Gasteiger charge is -2.34. The summed E-state index contributed by atoms with van der Waals surface area (Å²) >= 11 is 0. The summed E-state index contributed by atoms with van der Waals surface area (Å²) in [5.74, 6) is 1.32. The predicted octanol–water partition coefficient (Wildman–Crippen LogP) is 4.13. The molecule has 7 heteroatoms. The molecule has 172 valence electrons. The Hall–Kier alpha value is -3.97. The first-order valence-corrected chi connectivity index (χ1v) is 11.4. The standard InChI is InChI=1S/C27H26N4O3/c32-25(31-17-15-30(16-18-31)19-21-9-3-1-4-10-21)20-33-24-14-8-7-13-23(24)27-29-28-26(34-27)22-11-5-2-6-12-22/h1-14H,15-20H2. The third kappa shape index (κ3) is 5.15. The molecule has 2 heterocycles. The topological polar surface area (TPSA) is 71.7 Å². The zero-order chi connectivity index (χ0) is 23.2. The highest BCUT2D eigenvalue weighted by Gasteiger charge is 2.22. The first kappa shape index (κ1) is 21.9. The summed E-state index contributed by atoms with van der Waals surface area (Å²) in [6.45, 7) is 3.96. The molecule has 3 aromatic carbocycles. The van der Waals surface area contributed by atoms with E-state index in [-0.39, 0.29) is 12.5 Å². The van der Waals surface area contributed by atoms with E-state index in [1.54, 1.807) is 0 Å². The van der Waals surface area contributed by atoms with Crippen molar-refractivity contribution in [3.8, 4) is 28.7 Å². The monoisotopic (exact) mass is 454 g/mol. The quantitative estimate of drug-likeness (QED) is 0.418. The van der Waals surface area contributed by atoms with Gasteiger partial charge in [0.15, 0.2) is 6.61 Å². The van der Waals surface area contributed by atoms with Gasteiger partial charge in [0.1, 0.15) is 5.75 Å². The van der Waals surface area contributed by atoms with E-state index >= 15 is 0 Å². The number of nitrogens with zero attached hydrogens (tertiary/aromatic N) is 4. The van der Waals surface area contributed by atoms with Crippen LogP contribution in [0.4, 0.5) is 0 Å². The normalized spacial score (nSPS) is 14.2. The van der Waals surface area contributed by atoms with Crippen molar-refractivity contribution in [3.63, 3.8) is 0 Å². The number of piperazine rings is 1. The van der Waals surface area contributed by atoms with E-state index < -0.39 is 0 Å². The molecule has 0 aliphatic carbocycles. The number of hydrogen-bond acceptors (Lipinski definition) is 6. The second-order valence-corrected chi connectivity index (χ2v) is 8.21. The van der Waals surface area contributed by atoms with Crippen molar-refractivity contribution in [1.29, 1.82) is 0 Å². The van der Waals surface area contributed by atoms with Gasteiger partial charge in [0.05, 0.1) is 5.56 Å². The molecule has 0 N–H and O–H groups in total. The molecule has 1 saturated heterocycles. The Morgan fingerprint density at radius 3 is 2.21 bits per heavy atom. The van der Waals surface area contributed by atoms with Crippen LogP contribution in [0.5, 0.6) is 5.75 Å². The van der Waals surface area contributed by atoms with Crippen LogP contribution in [-0.4, -0.2) is 58.7 Å². The largest absolute Gasteiger partial charge is 0.483 e. The maximum absolute atomic E-state index is 12.8. The molecule has 1 aliphatic heterocycles. The van der Waals surface area contributed by atoms with E-state index in [2.05, 4.69) is 39.4 Å². The zero-order valence-electron chi connectivity index (χ0n) is 18.8. The number of ether oxygens (including phenoxy) is 1. The van der Waals surface area contributed by atoms with Gasteiger partial charge in [-0.1, -0.05) is 60.7 Å². The highest BCUT2D eigenvalue weighted by Crippen LogP contribution is 2.31. The van der Waals surface area contributed by atoms with Crippen molar-refractivity contribution in [2.75, 3.05) is 32.8 Å². The second kappa shape index (κ2) is 10.3. The lowest BCUT2D eigenvalue weighted by atomic mass is 10.2. The molecular formula is C27H26N4O3. The maximum Gasteiger partial charge on any atom is 0.260 e. The summed E-state index contributed by atoms with van der Waals surface area (Å²) in [5, 5.41) is 8.34. The number of carbonyl (C=O) groups excluding carboxylic acids is 1. The fourth-order valence-corrected chi connectivity index (χ4v) is 4.03. The SMILES string of the molecule is O=C(COc1ccccc1-c1nnc(-c2ccccc2)o1)N1CCN(Cc2ccccc2)CC1. The van der Waals surface area contributed by atoms with Crippen LogP contribution in [0.25, 0.3) is 22.9 Å². The Kier molecular flexibility index (Phi) is 6.63. The molecule has 0 spiro atoms. The predicted molar refractivity (Wildman–Crippen MR) is 129 cm³/mol. The van der Waals surface area contributed by atoms with Crippen molar-refractivity contribution in [2.24, 2.45) is 0 Å². The Labute approximate surface area is 198 Å². The van der Waals surface area contributed by atoms with E-state index in [1.165, 1.54) is 5.56 Å². The minimum absolute atomic E-state index is 0.0235. The summed E-state index contributed by atoms with van der Waals surface area (Å²) < 4.78 is 11.8. The Bertz CT molecular complexity index is 1220.